The topological polar surface area (TPSA) is 73.6 Å². The van der Waals surface area contributed by atoms with E-state index >= 15 is 0 Å². The Labute approximate surface area is 125 Å². The van der Waals surface area contributed by atoms with E-state index in [1.165, 1.54) is 0 Å². The van der Waals surface area contributed by atoms with Gasteiger partial charge in [-0.05, 0) is 30.7 Å². The first-order valence-electron chi connectivity index (χ1n) is 6.71. The summed E-state index contributed by atoms with van der Waals surface area (Å²) in [4.78, 5) is 12.8. The highest BCUT2D eigenvalue weighted by Crippen LogP contribution is 2.23. The lowest BCUT2D eigenvalue weighted by Gasteiger charge is -2.25. The fourth-order valence-electron chi connectivity index (χ4n) is 2.00. The Morgan fingerprint density at radius 3 is 2.86 bits per heavy atom. The van der Waals surface area contributed by atoms with Gasteiger partial charge in [0.05, 0.1) is 19.1 Å². The van der Waals surface area contributed by atoms with Gasteiger partial charge < -0.3 is 14.7 Å². The molecule has 0 aliphatic rings. The molecule has 1 aromatic rings. The normalized spacial score (nSPS) is 10.5. The van der Waals surface area contributed by atoms with Crippen LogP contribution in [0.5, 0.6) is 0 Å². The van der Waals surface area contributed by atoms with Crippen LogP contribution in [-0.2, 0) is 9.53 Å². The molecule has 0 saturated heterocycles. The van der Waals surface area contributed by atoms with Crippen LogP contribution in [0, 0.1) is 18.3 Å². The lowest BCUT2D eigenvalue weighted by molar-refractivity contribution is -0.131. The Hall–Kier alpha value is -2.32. The zero-order valence-corrected chi connectivity index (χ0v) is 12.4. The maximum atomic E-state index is 10.7. The van der Waals surface area contributed by atoms with Crippen LogP contribution >= 0.6 is 0 Å². The van der Waals surface area contributed by atoms with Crippen molar-refractivity contribution < 1.29 is 14.6 Å². The molecule has 0 aromatic heterocycles. The van der Waals surface area contributed by atoms with Gasteiger partial charge in [-0.25, -0.2) is 4.79 Å². The van der Waals surface area contributed by atoms with E-state index in [1.807, 2.05) is 30.0 Å². The van der Waals surface area contributed by atoms with Gasteiger partial charge >= 0.3 is 5.97 Å². The molecule has 112 valence electrons. The predicted molar refractivity (Wildman–Crippen MR) is 82.2 cm³/mol. The molecule has 5 nitrogen and oxygen atoms in total. The SMILES string of the molecule is COCCN(CCC#N)c1ccc(C)cc1/C=C/C(=O)O. The molecule has 0 amide bonds. The van der Waals surface area contributed by atoms with Crippen LogP contribution in [0.3, 0.4) is 0 Å². The summed E-state index contributed by atoms with van der Waals surface area (Å²) in [5.74, 6) is -0.983. The minimum atomic E-state index is -0.983. The zero-order chi connectivity index (χ0) is 15.7. The average molecular weight is 288 g/mol. The Kier molecular flexibility index (Phi) is 6.99. The summed E-state index contributed by atoms with van der Waals surface area (Å²) in [6.07, 6.45) is 3.10. The van der Waals surface area contributed by atoms with Crippen LogP contribution in [-0.4, -0.2) is 37.9 Å². The van der Waals surface area contributed by atoms with Crippen LogP contribution in [0.4, 0.5) is 5.69 Å². The maximum Gasteiger partial charge on any atom is 0.328 e. The van der Waals surface area contributed by atoms with Crippen LogP contribution in [0.25, 0.3) is 6.08 Å². The molecule has 5 heteroatoms. The number of hydrogen-bond donors (Lipinski definition) is 1. The number of carbonyl (C=O) groups is 1. The van der Waals surface area contributed by atoms with Crippen LogP contribution < -0.4 is 4.90 Å². The lowest BCUT2D eigenvalue weighted by Crippen LogP contribution is -2.28. The first-order valence-corrected chi connectivity index (χ1v) is 6.71. The van der Waals surface area contributed by atoms with Crippen molar-refractivity contribution in [1.82, 2.24) is 0 Å². The van der Waals surface area contributed by atoms with E-state index in [0.29, 0.717) is 26.1 Å². The van der Waals surface area contributed by atoms with Gasteiger partial charge in [-0.1, -0.05) is 11.6 Å². The number of benzene rings is 1. The molecular weight excluding hydrogens is 268 g/mol. The molecule has 0 saturated carbocycles. The molecule has 0 unspecified atom stereocenters. The third-order valence-electron chi connectivity index (χ3n) is 2.99. The van der Waals surface area contributed by atoms with E-state index in [4.69, 9.17) is 15.1 Å². The quantitative estimate of drug-likeness (QED) is 0.744. The average Bonchev–Trinajstić information content (AvgIpc) is 2.46. The fraction of sp³-hybridized carbons (Fsp3) is 0.375. The van der Waals surface area contributed by atoms with Crippen molar-refractivity contribution in [3.8, 4) is 6.07 Å². The number of nitrogens with zero attached hydrogens (tertiary/aromatic N) is 2. The standard InChI is InChI=1S/C16H20N2O3/c1-13-4-6-15(14(12-13)5-7-16(19)20)18(9-3-8-17)10-11-21-2/h4-7,12H,3,9-11H2,1-2H3,(H,19,20)/b7-5+. The third-order valence-corrected chi connectivity index (χ3v) is 2.99. The molecule has 0 heterocycles. The second-order valence-corrected chi connectivity index (χ2v) is 4.62. The molecule has 0 radical (unpaired) electrons. The smallest absolute Gasteiger partial charge is 0.328 e. The summed E-state index contributed by atoms with van der Waals surface area (Å²) in [7, 11) is 1.63. The minimum Gasteiger partial charge on any atom is -0.478 e. The van der Waals surface area contributed by atoms with Crippen molar-refractivity contribution >= 4 is 17.7 Å². The molecule has 0 atom stereocenters. The molecule has 21 heavy (non-hydrogen) atoms. The van der Waals surface area contributed by atoms with E-state index in [9.17, 15) is 4.79 Å². The van der Waals surface area contributed by atoms with Gasteiger partial charge in [-0.15, -0.1) is 0 Å². The summed E-state index contributed by atoms with van der Waals surface area (Å²) in [5.41, 5.74) is 2.78. The Morgan fingerprint density at radius 1 is 1.48 bits per heavy atom. The number of aliphatic carboxylic acids is 1. The zero-order valence-electron chi connectivity index (χ0n) is 12.4. The number of rotatable bonds is 8. The van der Waals surface area contributed by atoms with Gasteiger partial charge in [0, 0.05) is 32.0 Å². The van der Waals surface area contributed by atoms with E-state index < -0.39 is 5.97 Å². The van der Waals surface area contributed by atoms with E-state index in [0.717, 1.165) is 22.9 Å². The highest BCUT2D eigenvalue weighted by atomic mass is 16.5. The Bertz CT molecular complexity index is 547. The van der Waals surface area contributed by atoms with Crippen LogP contribution in [0.2, 0.25) is 0 Å². The minimum absolute atomic E-state index is 0.402. The highest BCUT2D eigenvalue weighted by Gasteiger charge is 2.10. The number of carboxylic acids is 1. The number of aryl methyl sites for hydroxylation is 1. The largest absolute Gasteiger partial charge is 0.478 e. The summed E-state index contributed by atoms with van der Waals surface area (Å²) >= 11 is 0. The van der Waals surface area contributed by atoms with Crippen molar-refractivity contribution in [3.63, 3.8) is 0 Å². The number of carboxylic acid groups (broad SMARTS) is 1. The van der Waals surface area contributed by atoms with Crippen LogP contribution in [0.1, 0.15) is 17.5 Å². The number of ether oxygens (including phenoxy) is 1. The molecule has 0 aliphatic heterocycles. The molecule has 0 aliphatic carbocycles. The first-order chi connectivity index (χ1) is 10.1. The van der Waals surface area contributed by atoms with Crippen molar-refractivity contribution in [2.45, 2.75) is 13.3 Å². The van der Waals surface area contributed by atoms with Gasteiger partial charge in [0.25, 0.3) is 0 Å². The second-order valence-electron chi connectivity index (χ2n) is 4.62. The van der Waals surface area contributed by atoms with Crippen molar-refractivity contribution in [3.05, 3.63) is 35.4 Å². The molecule has 1 aromatic carbocycles. The van der Waals surface area contributed by atoms with Gasteiger partial charge in [0.15, 0.2) is 0 Å². The number of nitriles is 1. The molecular formula is C16H20N2O3. The third kappa shape index (κ3) is 5.67. The van der Waals surface area contributed by atoms with Gasteiger partial charge in [0.1, 0.15) is 0 Å². The molecule has 0 bridgehead atoms. The van der Waals surface area contributed by atoms with Crippen molar-refractivity contribution in [2.24, 2.45) is 0 Å². The molecule has 1 rings (SSSR count). The van der Waals surface area contributed by atoms with E-state index in [-0.39, 0.29) is 0 Å². The van der Waals surface area contributed by atoms with Crippen molar-refractivity contribution in [1.29, 1.82) is 5.26 Å². The summed E-state index contributed by atoms with van der Waals surface area (Å²) in [6.45, 7) is 3.73. The van der Waals surface area contributed by atoms with Gasteiger partial charge in [-0.2, -0.15) is 5.26 Å². The summed E-state index contributed by atoms with van der Waals surface area (Å²) in [5, 5.41) is 17.6. The first kappa shape index (κ1) is 16.7. The Morgan fingerprint density at radius 2 is 2.24 bits per heavy atom. The fourth-order valence-corrected chi connectivity index (χ4v) is 2.00. The lowest BCUT2D eigenvalue weighted by atomic mass is 10.1. The highest BCUT2D eigenvalue weighted by molar-refractivity contribution is 5.87. The second kappa shape index (κ2) is 8.77. The molecule has 1 N–H and O–H groups in total. The van der Waals surface area contributed by atoms with E-state index in [2.05, 4.69) is 6.07 Å². The van der Waals surface area contributed by atoms with Crippen LogP contribution in [0.15, 0.2) is 24.3 Å². The predicted octanol–water partition coefficient (Wildman–Crippen LogP) is 2.46. The summed E-state index contributed by atoms with van der Waals surface area (Å²) in [6, 6.07) is 7.98. The number of hydrogen-bond acceptors (Lipinski definition) is 4. The monoisotopic (exact) mass is 288 g/mol. The van der Waals surface area contributed by atoms with Gasteiger partial charge in [0.2, 0.25) is 0 Å². The number of anilines is 1. The van der Waals surface area contributed by atoms with Crippen molar-refractivity contribution in [2.75, 3.05) is 31.7 Å². The van der Waals surface area contributed by atoms with Gasteiger partial charge in [-0.3, -0.25) is 0 Å². The summed E-state index contributed by atoms with van der Waals surface area (Å²) < 4.78 is 5.10. The van der Waals surface area contributed by atoms with E-state index in [1.54, 1.807) is 13.2 Å². The molecule has 0 fully saturated rings. The Balaban J connectivity index is 3.09. The molecule has 0 spiro atoms. The maximum absolute atomic E-state index is 10.7. The number of methoxy groups -OCH3 is 1.